The lowest BCUT2D eigenvalue weighted by Gasteiger charge is -2.33. The van der Waals surface area contributed by atoms with Crippen LogP contribution in [0.3, 0.4) is 0 Å². The molecule has 0 saturated carbocycles. The zero-order valence-corrected chi connectivity index (χ0v) is 19.1. The highest BCUT2D eigenvalue weighted by Gasteiger charge is 2.65. The highest BCUT2D eigenvalue weighted by Crippen LogP contribution is 2.53. The Bertz CT molecular complexity index is 1370. The second kappa shape index (κ2) is 7.79. The molecule has 0 spiro atoms. The van der Waals surface area contributed by atoms with Crippen molar-refractivity contribution >= 4 is 52.7 Å². The van der Waals surface area contributed by atoms with Crippen LogP contribution in [0, 0.1) is 11.8 Å². The van der Waals surface area contributed by atoms with Gasteiger partial charge in [-0.05, 0) is 29.3 Å². The van der Waals surface area contributed by atoms with Gasteiger partial charge in [-0.2, -0.15) is 5.10 Å². The molecule has 2 amide bonds. The Kier molecular flexibility index (Phi) is 4.83. The molecule has 0 aromatic heterocycles. The molecule has 4 atom stereocenters. The number of amides is 2. The fourth-order valence-electron chi connectivity index (χ4n) is 5.36. The molecule has 0 radical (unpaired) electrons. The monoisotopic (exact) mass is 489 g/mol. The van der Waals surface area contributed by atoms with Crippen LogP contribution in [-0.2, 0) is 9.59 Å². The van der Waals surface area contributed by atoms with Crippen molar-refractivity contribution in [2.75, 3.05) is 4.90 Å². The van der Waals surface area contributed by atoms with E-state index in [4.69, 9.17) is 23.2 Å². The number of benzene rings is 3. The number of carbonyl (C=O) groups excluding carboxylic acids is 3. The Balaban J connectivity index is 1.51. The van der Waals surface area contributed by atoms with Gasteiger partial charge >= 0.3 is 0 Å². The molecule has 2 fully saturated rings. The van der Waals surface area contributed by atoms with Gasteiger partial charge in [-0.25, -0.2) is 4.90 Å². The maximum absolute atomic E-state index is 13.8. The number of imide groups is 1. The minimum Gasteiger partial charge on any atom is -0.292 e. The summed E-state index contributed by atoms with van der Waals surface area (Å²) in [6.07, 6.45) is 1.68. The average molecular weight is 490 g/mol. The summed E-state index contributed by atoms with van der Waals surface area (Å²) in [5, 5.41) is 6.83. The van der Waals surface area contributed by atoms with Gasteiger partial charge in [0.1, 0.15) is 6.04 Å². The maximum atomic E-state index is 13.8. The van der Waals surface area contributed by atoms with E-state index in [1.807, 2.05) is 30.3 Å². The van der Waals surface area contributed by atoms with E-state index in [1.54, 1.807) is 35.5 Å². The van der Waals surface area contributed by atoms with Crippen LogP contribution in [0.1, 0.15) is 27.5 Å². The number of fused-ring (bicyclic) bond motifs is 5. The largest absolute Gasteiger partial charge is 0.292 e. The quantitative estimate of drug-likeness (QED) is 0.393. The molecule has 0 bridgehead atoms. The Hall–Kier alpha value is -3.48. The van der Waals surface area contributed by atoms with Crippen LogP contribution in [0.5, 0.6) is 0 Å². The second-order valence-corrected chi connectivity index (χ2v) is 9.44. The van der Waals surface area contributed by atoms with Gasteiger partial charge in [0.15, 0.2) is 5.78 Å². The summed E-state index contributed by atoms with van der Waals surface area (Å²) >= 11 is 12.3. The van der Waals surface area contributed by atoms with Crippen LogP contribution >= 0.6 is 23.2 Å². The van der Waals surface area contributed by atoms with Crippen LogP contribution in [0.2, 0.25) is 10.0 Å². The molecule has 2 saturated heterocycles. The zero-order chi connectivity index (χ0) is 23.6. The summed E-state index contributed by atoms with van der Waals surface area (Å²) in [7, 11) is 0. The lowest BCUT2D eigenvalue weighted by Crippen LogP contribution is -2.44. The molecule has 3 aliphatic rings. The van der Waals surface area contributed by atoms with Crippen LogP contribution in [0.4, 0.5) is 5.69 Å². The van der Waals surface area contributed by atoms with E-state index in [1.165, 1.54) is 18.2 Å². The minimum atomic E-state index is -0.918. The van der Waals surface area contributed by atoms with Crippen molar-refractivity contribution < 1.29 is 14.4 Å². The predicted octanol–water partition coefficient (Wildman–Crippen LogP) is 4.75. The third-order valence-electron chi connectivity index (χ3n) is 6.73. The number of rotatable bonds is 3. The highest BCUT2D eigenvalue weighted by atomic mass is 35.5. The summed E-state index contributed by atoms with van der Waals surface area (Å²) < 4.78 is 0. The van der Waals surface area contributed by atoms with Crippen molar-refractivity contribution in [3.8, 4) is 0 Å². The van der Waals surface area contributed by atoms with Gasteiger partial charge < -0.3 is 0 Å². The van der Waals surface area contributed by atoms with E-state index in [9.17, 15) is 14.4 Å². The topological polar surface area (TPSA) is 70.0 Å². The molecule has 3 aromatic carbocycles. The molecule has 8 heteroatoms. The number of nitrogens with zero attached hydrogens (tertiary/aromatic N) is 3. The molecule has 6 rings (SSSR count). The maximum Gasteiger partial charge on any atom is 0.240 e. The first-order chi connectivity index (χ1) is 16.5. The summed E-state index contributed by atoms with van der Waals surface area (Å²) in [6.45, 7) is 0. The fraction of sp³-hybridized carbons (Fsp3) is 0.154. The normalized spacial score (nSPS) is 24.8. The van der Waals surface area contributed by atoms with Crippen molar-refractivity contribution in [1.29, 1.82) is 0 Å². The minimum absolute atomic E-state index is 0.248. The van der Waals surface area contributed by atoms with Crippen LogP contribution in [0.25, 0.3) is 0 Å². The van der Waals surface area contributed by atoms with Gasteiger partial charge in [0.2, 0.25) is 11.8 Å². The molecule has 6 nitrogen and oxygen atoms in total. The number of ketones is 1. The molecule has 0 unspecified atom stereocenters. The van der Waals surface area contributed by atoms with Crippen LogP contribution in [-0.4, -0.2) is 34.9 Å². The van der Waals surface area contributed by atoms with Crippen molar-refractivity contribution in [3.63, 3.8) is 0 Å². The number of carbonyl (C=O) groups is 3. The van der Waals surface area contributed by atoms with Gasteiger partial charge in [0.25, 0.3) is 0 Å². The van der Waals surface area contributed by atoms with Crippen molar-refractivity contribution in [2.45, 2.75) is 12.1 Å². The summed E-state index contributed by atoms with van der Waals surface area (Å²) in [4.78, 5) is 42.5. The van der Waals surface area contributed by atoms with Crippen molar-refractivity contribution in [2.24, 2.45) is 16.9 Å². The molecule has 3 aromatic rings. The van der Waals surface area contributed by atoms with Crippen LogP contribution < -0.4 is 4.90 Å². The van der Waals surface area contributed by atoms with Gasteiger partial charge in [-0.3, -0.25) is 19.4 Å². The van der Waals surface area contributed by atoms with Crippen molar-refractivity contribution in [1.82, 2.24) is 5.01 Å². The summed E-state index contributed by atoms with van der Waals surface area (Å²) in [5.74, 6) is -2.77. The first-order valence-corrected chi connectivity index (χ1v) is 11.6. The second-order valence-electron chi connectivity index (χ2n) is 8.56. The number of Topliss-reactive ketones (excluding diaryl/α,β-unsaturated/α-hetero) is 1. The zero-order valence-electron chi connectivity index (χ0n) is 17.6. The third-order valence-corrected chi connectivity index (χ3v) is 7.16. The molecule has 34 heavy (non-hydrogen) atoms. The van der Waals surface area contributed by atoms with Crippen LogP contribution in [0.15, 0.2) is 77.9 Å². The first-order valence-electron chi connectivity index (χ1n) is 10.8. The number of hydrogen-bond acceptors (Lipinski definition) is 5. The van der Waals surface area contributed by atoms with Gasteiger partial charge in [0.05, 0.1) is 29.8 Å². The number of anilines is 1. The van der Waals surface area contributed by atoms with E-state index < -0.39 is 35.7 Å². The van der Waals surface area contributed by atoms with E-state index in [-0.39, 0.29) is 5.78 Å². The molecule has 3 heterocycles. The lowest BCUT2D eigenvalue weighted by atomic mass is 9.83. The molecule has 0 N–H and O–H groups in total. The number of hydrogen-bond donors (Lipinski definition) is 0. The van der Waals surface area contributed by atoms with Gasteiger partial charge in [0, 0.05) is 15.6 Å². The summed E-state index contributed by atoms with van der Waals surface area (Å²) in [6, 6.07) is 19.5. The Labute approximate surface area is 205 Å². The standard InChI is InChI=1S/C26H17Cl2N3O3/c27-16-10-17(28)12-18(11-16)30-25(33)20-21(26(30)34)23(24(32)14-6-2-1-3-7-14)31-22(20)19-9-5-4-8-15(19)13-29-31/h1-13,20-23H/t20-,21+,22+,23-/m0/s1. The summed E-state index contributed by atoms with van der Waals surface area (Å²) in [5.41, 5.74) is 2.49. The number of hydrazone groups is 1. The Morgan fingerprint density at radius 1 is 0.824 bits per heavy atom. The Morgan fingerprint density at radius 2 is 1.47 bits per heavy atom. The highest BCUT2D eigenvalue weighted by molar-refractivity contribution is 6.36. The van der Waals surface area contributed by atoms with E-state index in [0.29, 0.717) is 21.3 Å². The SMILES string of the molecule is O=C(c1ccccc1)[C@@H]1[C@@H]2C(=O)N(c3cc(Cl)cc(Cl)c3)C(=O)[C@@H]2[C@H]2c3ccccc3C=NN12. The lowest BCUT2D eigenvalue weighted by molar-refractivity contribution is -0.124. The van der Waals surface area contributed by atoms with Crippen molar-refractivity contribution in [3.05, 3.63) is 99.5 Å². The molecular weight excluding hydrogens is 473 g/mol. The smallest absolute Gasteiger partial charge is 0.240 e. The molecule has 0 aliphatic carbocycles. The fourth-order valence-corrected chi connectivity index (χ4v) is 5.88. The molecular formula is C26H17Cl2N3O3. The number of halogens is 2. The van der Waals surface area contributed by atoms with E-state index in [0.717, 1.165) is 16.0 Å². The Morgan fingerprint density at radius 3 is 2.21 bits per heavy atom. The first kappa shape index (κ1) is 21.1. The molecule has 3 aliphatic heterocycles. The predicted molar refractivity (Wildman–Crippen MR) is 129 cm³/mol. The van der Waals surface area contributed by atoms with Gasteiger partial charge in [-0.1, -0.05) is 77.8 Å². The van der Waals surface area contributed by atoms with E-state index >= 15 is 0 Å². The van der Waals surface area contributed by atoms with Gasteiger partial charge in [-0.15, -0.1) is 0 Å². The molecule has 168 valence electrons. The van der Waals surface area contributed by atoms with E-state index in [2.05, 4.69) is 5.10 Å². The average Bonchev–Trinajstić information content (AvgIpc) is 3.31. The third kappa shape index (κ3) is 3.02.